The van der Waals surface area contributed by atoms with Gasteiger partial charge in [0.15, 0.2) is 0 Å². The minimum atomic E-state index is -0.498. The first-order valence-corrected chi connectivity index (χ1v) is 6.75. The monoisotopic (exact) mass is 333 g/mol. The Bertz CT molecular complexity index is 679. The molecule has 5 heteroatoms. The molecule has 0 saturated carbocycles. The second-order valence-corrected chi connectivity index (χ2v) is 5.40. The lowest BCUT2D eigenvalue weighted by Crippen LogP contribution is -2.17. The van der Waals surface area contributed by atoms with E-state index in [4.69, 9.17) is 11.0 Å². The van der Waals surface area contributed by atoms with Gasteiger partial charge in [0.1, 0.15) is 11.9 Å². The number of nitrogens with two attached hydrogens (primary N) is 1. The molecule has 0 spiro atoms. The lowest BCUT2D eigenvalue weighted by Gasteiger charge is -2.21. The van der Waals surface area contributed by atoms with E-state index >= 15 is 0 Å². The smallest absolute Gasteiger partial charge is 0.140 e. The van der Waals surface area contributed by atoms with Gasteiger partial charge in [0.05, 0.1) is 16.9 Å². The highest BCUT2D eigenvalue weighted by Gasteiger charge is 2.08. The number of anilines is 2. The van der Waals surface area contributed by atoms with E-state index < -0.39 is 5.82 Å². The topological polar surface area (TPSA) is 53.0 Å². The number of hydrogen-bond donors (Lipinski definition) is 1. The number of nitrogen functional groups attached to an aromatic ring is 1. The normalized spacial score (nSPS) is 10.1. The summed E-state index contributed by atoms with van der Waals surface area (Å²) in [5, 5.41) is 8.84. The fourth-order valence-corrected chi connectivity index (χ4v) is 2.37. The third-order valence-corrected chi connectivity index (χ3v) is 3.47. The summed E-state index contributed by atoms with van der Waals surface area (Å²) in [6, 6.07) is 12.0. The highest BCUT2D eigenvalue weighted by atomic mass is 79.9. The van der Waals surface area contributed by atoms with Crippen LogP contribution < -0.4 is 10.6 Å². The molecule has 0 aliphatic carbocycles. The van der Waals surface area contributed by atoms with E-state index in [1.807, 2.05) is 36.2 Å². The van der Waals surface area contributed by atoms with Gasteiger partial charge in [-0.25, -0.2) is 4.39 Å². The molecule has 2 aromatic rings. The average Bonchev–Trinajstić information content (AvgIpc) is 2.40. The Balaban J connectivity index is 2.23. The number of nitriles is 1. The van der Waals surface area contributed by atoms with Crippen LogP contribution in [-0.4, -0.2) is 7.05 Å². The first-order valence-electron chi connectivity index (χ1n) is 5.96. The maximum absolute atomic E-state index is 13.3. The predicted octanol–water partition coefficient (Wildman–Crippen LogP) is 3.68. The Morgan fingerprint density at radius 3 is 2.70 bits per heavy atom. The molecule has 0 unspecified atom stereocenters. The quantitative estimate of drug-likeness (QED) is 0.871. The maximum Gasteiger partial charge on any atom is 0.140 e. The van der Waals surface area contributed by atoms with E-state index in [1.165, 1.54) is 6.07 Å². The van der Waals surface area contributed by atoms with Crippen molar-refractivity contribution < 1.29 is 4.39 Å². The molecule has 3 nitrogen and oxygen atoms in total. The van der Waals surface area contributed by atoms with Crippen LogP contribution in [0.3, 0.4) is 0 Å². The van der Waals surface area contributed by atoms with Crippen molar-refractivity contribution in [1.82, 2.24) is 0 Å². The molecular weight excluding hydrogens is 321 g/mol. The van der Waals surface area contributed by atoms with Crippen LogP contribution in [0.15, 0.2) is 40.9 Å². The summed E-state index contributed by atoms with van der Waals surface area (Å²) in [5.41, 5.74) is 8.42. The fourth-order valence-electron chi connectivity index (χ4n) is 1.99. The summed E-state index contributed by atoms with van der Waals surface area (Å²) in [4.78, 5) is 1.95. The van der Waals surface area contributed by atoms with Gasteiger partial charge in [-0.2, -0.15) is 5.26 Å². The largest absolute Gasteiger partial charge is 0.397 e. The van der Waals surface area contributed by atoms with E-state index in [-0.39, 0.29) is 5.56 Å². The number of benzene rings is 2. The van der Waals surface area contributed by atoms with Crippen LogP contribution in [-0.2, 0) is 6.54 Å². The van der Waals surface area contributed by atoms with Gasteiger partial charge in [0.2, 0.25) is 0 Å². The van der Waals surface area contributed by atoms with Crippen LogP contribution >= 0.6 is 15.9 Å². The molecule has 0 radical (unpaired) electrons. The van der Waals surface area contributed by atoms with Crippen LogP contribution in [0.5, 0.6) is 0 Å². The van der Waals surface area contributed by atoms with Gasteiger partial charge >= 0.3 is 0 Å². The Kier molecular flexibility index (Phi) is 4.26. The summed E-state index contributed by atoms with van der Waals surface area (Å²) in [7, 11) is 1.90. The minimum Gasteiger partial charge on any atom is -0.397 e. The summed E-state index contributed by atoms with van der Waals surface area (Å²) in [6.45, 7) is 0.542. The summed E-state index contributed by atoms with van der Waals surface area (Å²) in [6.07, 6.45) is 0. The number of halogens is 2. The molecule has 0 aromatic heterocycles. The van der Waals surface area contributed by atoms with Crippen molar-refractivity contribution in [3.8, 4) is 6.07 Å². The zero-order valence-corrected chi connectivity index (χ0v) is 12.5. The van der Waals surface area contributed by atoms with Crippen molar-refractivity contribution in [1.29, 1.82) is 5.26 Å². The second kappa shape index (κ2) is 5.93. The van der Waals surface area contributed by atoms with Crippen LogP contribution in [0.1, 0.15) is 11.1 Å². The van der Waals surface area contributed by atoms with Crippen molar-refractivity contribution in [3.05, 3.63) is 57.8 Å². The van der Waals surface area contributed by atoms with Gasteiger partial charge in [-0.15, -0.1) is 0 Å². The van der Waals surface area contributed by atoms with Gasteiger partial charge in [0.25, 0.3) is 0 Å². The van der Waals surface area contributed by atoms with Gasteiger partial charge in [-0.05, 0) is 35.9 Å². The van der Waals surface area contributed by atoms with Crippen molar-refractivity contribution >= 4 is 27.3 Å². The Labute approximate surface area is 125 Å². The van der Waals surface area contributed by atoms with Gasteiger partial charge < -0.3 is 10.6 Å². The van der Waals surface area contributed by atoms with E-state index in [2.05, 4.69) is 15.9 Å². The highest BCUT2D eigenvalue weighted by Crippen LogP contribution is 2.27. The van der Waals surface area contributed by atoms with Gasteiger partial charge in [-0.1, -0.05) is 22.0 Å². The Hall–Kier alpha value is -2.06. The van der Waals surface area contributed by atoms with Crippen molar-refractivity contribution in [2.45, 2.75) is 6.54 Å². The Morgan fingerprint density at radius 1 is 1.30 bits per heavy atom. The molecule has 2 aromatic carbocycles. The molecule has 102 valence electrons. The lowest BCUT2D eigenvalue weighted by atomic mass is 10.1. The standard InChI is InChI=1S/C15H13BrFN3/c1-20(15-5-3-12(16)7-14(15)19)9-10-2-4-13(17)11(6-10)8-18/h2-7H,9,19H2,1H3. The zero-order valence-electron chi connectivity index (χ0n) is 10.9. The molecule has 0 fully saturated rings. The lowest BCUT2D eigenvalue weighted by molar-refractivity contribution is 0.623. The van der Waals surface area contributed by atoms with Crippen LogP contribution in [0, 0.1) is 17.1 Å². The van der Waals surface area contributed by atoms with E-state index in [1.54, 1.807) is 12.1 Å². The van der Waals surface area contributed by atoms with Crippen LogP contribution in [0.2, 0.25) is 0 Å². The molecular formula is C15H13BrFN3. The molecule has 0 heterocycles. The van der Waals surface area contributed by atoms with E-state index in [0.717, 1.165) is 15.7 Å². The fraction of sp³-hybridized carbons (Fsp3) is 0.133. The van der Waals surface area contributed by atoms with Gasteiger partial charge in [-0.3, -0.25) is 0 Å². The van der Waals surface area contributed by atoms with Crippen LogP contribution in [0.4, 0.5) is 15.8 Å². The number of hydrogen-bond acceptors (Lipinski definition) is 3. The Morgan fingerprint density at radius 2 is 2.05 bits per heavy atom. The number of nitrogens with zero attached hydrogens (tertiary/aromatic N) is 2. The van der Waals surface area contributed by atoms with E-state index in [9.17, 15) is 4.39 Å². The van der Waals surface area contributed by atoms with Crippen LogP contribution in [0.25, 0.3) is 0 Å². The number of rotatable bonds is 3. The molecule has 0 aliphatic heterocycles. The third-order valence-electron chi connectivity index (χ3n) is 2.97. The third kappa shape index (κ3) is 3.09. The van der Waals surface area contributed by atoms with Crippen molar-refractivity contribution in [3.63, 3.8) is 0 Å². The van der Waals surface area contributed by atoms with E-state index in [0.29, 0.717) is 12.2 Å². The molecule has 0 bridgehead atoms. The summed E-state index contributed by atoms with van der Waals surface area (Å²) < 4.78 is 14.2. The summed E-state index contributed by atoms with van der Waals surface area (Å²) in [5.74, 6) is -0.498. The van der Waals surface area contributed by atoms with Crippen molar-refractivity contribution in [2.24, 2.45) is 0 Å². The molecule has 2 N–H and O–H groups in total. The molecule has 0 saturated heterocycles. The molecule has 2 rings (SSSR count). The summed E-state index contributed by atoms with van der Waals surface area (Å²) >= 11 is 3.36. The first kappa shape index (κ1) is 14.4. The highest BCUT2D eigenvalue weighted by molar-refractivity contribution is 9.10. The molecule has 0 aliphatic rings. The second-order valence-electron chi connectivity index (χ2n) is 4.49. The zero-order chi connectivity index (χ0) is 14.7. The SMILES string of the molecule is CN(Cc1ccc(F)c(C#N)c1)c1ccc(Br)cc1N. The molecule has 0 atom stereocenters. The molecule has 20 heavy (non-hydrogen) atoms. The first-order chi connectivity index (χ1) is 9.51. The molecule has 0 amide bonds. The predicted molar refractivity (Wildman–Crippen MR) is 81.8 cm³/mol. The maximum atomic E-state index is 13.3. The minimum absolute atomic E-state index is 0.0553. The average molecular weight is 334 g/mol. The van der Waals surface area contributed by atoms with Gasteiger partial charge in [0, 0.05) is 18.1 Å². The van der Waals surface area contributed by atoms with Crippen molar-refractivity contribution in [2.75, 3.05) is 17.7 Å².